The Hall–Kier alpha value is -1.96. The summed E-state index contributed by atoms with van der Waals surface area (Å²) >= 11 is 0. The van der Waals surface area contributed by atoms with E-state index < -0.39 is 10.5 Å². The molecule has 0 aliphatic carbocycles. The number of aliphatic hydroxyl groups is 1. The number of anilines is 2. The van der Waals surface area contributed by atoms with Crippen LogP contribution in [0.15, 0.2) is 6.20 Å². The Morgan fingerprint density at radius 3 is 2.71 bits per heavy atom. The Morgan fingerprint density at radius 2 is 2.24 bits per heavy atom. The Morgan fingerprint density at radius 1 is 1.59 bits per heavy atom. The third-order valence-corrected chi connectivity index (χ3v) is 1.88. The lowest BCUT2D eigenvalue weighted by atomic mass is 10.1. The first kappa shape index (κ1) is 13.1. The van der Waals surface area contributed by atoms with Crippen molar-refractivity contribution in [3.8, 4) is 0 Å². The van der Waals surface area contributed by atoms with Crippen molar-refractivity contribution in [3.05, 3.63) is 16.3 Å². The molecule has 0 fully saturated rings. The highest BCUT2D eigenvalue weighted by atomic mass is 16.6. The predicted octanol–water partition coefficient (Wildman–Crippen LogP) is 0.609. The van der Waals surface area contributed by atoms with E-state index in [9.17, 15) is 15.2 Å². The standard InChI is InChI=1S/C9H15N5O3/c1-9(2,15)5-12-7-6(14(16)17)4-11-8(10-3)13-7/h4,15H,5H2,1-3H3,(H2,10,11,12,13). The second-order valence-electron chi connectivity index (χ2n) is 4.10. The minimum atomic E-state index is -0.987. The topological polar surface area (TPSA) is 113 Å². The van der Waals surface area contributed by atoms with Crippen LogP contribution in [0.3, 0.4) is 0 Å². The van der Waals surface area contributed by atoms with E-state index in [0.717, 1.165) is 6.20 Å². The molecule has 0 saturated carbocycles. The molecule has 94 valence electrons. The molecule has 3 N–H and O–H groups in total. The summed E-state index contributed by atoms with van der Waals surface area (Å²) in [6.45, 7) is 3.33. The van der Waals surface area contributed by atoms with Gasteiger partial charge in [0.2, 0.25) is 11.8 Å². The number of rotatable bonds is 5. The van der Waals surface area contributed by atoms with Gasteiger partial charge < -0.3 is 15.7 Å². The van der Waals surface area contributed by atoms with Gasteiger partial charge in [-0.05, 0) is 13.8 Å². The zero-order valence-electron chi connectivity index (χ0n) is 9.89. The van der Waals surface area contributed by atoms with Crippen LogP contribution in [0.1, 0.15) is 13.8 Å². The Bertz CT molecular complexity index is 416. The van der Waals surface area contributed by atoms with Crippen LogP contribution < -0.4 is 10.6 Å². The summed E-state index contributed by atoms with van der Waals surface area (Å²) in [7, 11) is 1.61. The van der Waals surface area contributed by atoms with E-state index in [0.29, 0.717) is 0 Å². The van der Waals surface area contributed by atoms with Gasteiger partial charge in [0.1, 0.15) is 6.20 Å². The summed E-state index contributed by atoms with van der Waals surface area (Å²) in [6.07, 6.45) is 1.12. The van der Waals surface area contributed by atoms with E-state index in [1.54, 1.807) is 20.9 Å². The molecule has 17 heavy (non-hydrogen) atoms. The van der Waals surface area contributed by atoms with Gasteiger partial charge in [-0.2, -0.15) is 4.98 Å². The van der Waals surface area contributed by atoms with Crippen molar-refractivity contribution in [2.24, 2.45) is 0 Å². The Labute approximate surface area is 98.2 Å². The lowest BCUT2D eigenvalue weighted by molar-refractivity contribution is -0.384. The fourth-order valence-electron chi connectivity index (χ4n) is 1.06. The molecular weight excluding hydrogens is 226 g/mol. The zero-order chi connectivity index (χ0) is 13.1. The number of nitro groups is 1. The van der Waals surface area contributed by atoms with E-state index >= 15 is 0 Å². The van der Waals surface area contributed by atoms with Crippen LogP contribution in [0, 0.1) is 10.1 Å². The van der Waals surface area contributed by atoms with Gasteiger partial charge in [-0.3, -0.25) is 10.1 Å². The molecule has 1 aromatic rings. The molecule has 8 heteroatoms. The summed E-state index contributed by atoms with van der Waals surface area (Å²) in [5.74, 6) is 0.352. The molecule has 0 aromatic carbocycles. The smallest absolute Gasteiger partial charge is 0.329 e. The molecule has 0 saturated heterocycles. The van der Waals surface area contributed by atoms with Gasteiger partial charge in [0.25, 0.3) is 0 Å². The molecule has 0 spiro atoms. The first-order valence-electron chi connectivity index (χ1n) is 4.99. The summed E-state index contributed by atoms with van der Waals surface area (Å²) in [4.78, 5) is 17.9. The molecule has 8 nitrogen and oxygen atoms in total. The second kappa shape index (κ2) is 4.91. The molecule has 0 unspecified atom stereocenters. The normalized spacial score (nSPS) is 11.1. The minimum absolute atomic E-state index is 0.0801. The Balaban J connectivity index is 2.97. The molecule has 0 aliphatic rings. The van der Waals surface area contributed by atoms with E-state index in [4.69, 9.17) is 0 Å². The van der Waals surface area contributed by atoms with Crippen molar-refractivity contribution in [2.75, 3.05) is 24.2 Å². The summed E-state index contributed by atoms with van der Waals surface area (Å²) in [6, 6.07) is 0. The average Bonchev–Trinajstić information content (AvgIpc) is 2.24. The van der Waals surface area contributed by atoms with Crippen LogP contribution in [-0.2, 0) is 0 Å². The number of aromatic nitrogens is 2. The molecule has 1 rings (SSSR count). The molecule has 0 bridgehead atoms. The van der Waals surface area contributed by atoms with Crippen molar-refractivity contribution in [1.82, 2.24) is 9.97 Å². The van der Waals surface area contributed by atoms with Crippen molar-refractivity contribution >= 4 is 17.5 Å². The van der Waals surface area contributed by atoms with Crippen LogP contribution in [0.5, 0.6) is 0 Å². The maximum atomic E-state index is 10.7. The molecule has 0 atom stereocenters. The van der Waals surface area contributed by atoms with Gasteiger partial charge in [0.05, 0.1) is 10.5 Å². The van der Waals surface area contributed by atoms with E-state index in [1.165, 1.54) is 0 Å². The maximum Gasteiger partial charge on any atom is 0.329 e. The third-order valence-electron chi connectivity index (χ3n) is 1.88. The van der Waals surface area contributed by atoms with Crippen LogP contribution >= 0.6 is 0 Å². The molecule has 0 radical (unpaired) electrons. The van der Waals surface area contributed by atoms with E-state index in [1.807, 2.05) is 0 Å². The highest BCUT2D eigenvalue weighted by Crippen LogP contribution is 2.22. The number of nitrogens with zero attached hydrogens (tertiary/aromatic N) is 3. The Kier molecular flexibility index (Phi) is 3.79. The highest BCUT2D eigenvalue weighted by Gasteiger charge is 2.19. The predicted molar refractivity (Wildman–Crippen MR) is 63.0 cm³/mol. The first-order valence-corrected chi connectivity index (χ1v) is 4.99. The molecule has 0 aliphatic heterocycles. The van der Waals surface area contributed by atoms with Gasteiger partial charge in [-0.25, -0.2) is 4.98 Å². The number of hydrogen-bond acceptors (Lipinski definition) is 7. The van der Waals surface area contributed by atoms with E-state index in [2.05, 4.69) is 20.6 Å². The lowest BCUT2D eigenvalue weighted by Gasteiger charge is -2.17. The molecule has 1 aromatic heterocycles. The van der Waals surface area contributed by atoms with Crippen molar-refractivity contribution < 1.29 is 10.0 Å². The fourth-order valence-corrected chi connectivity index (χ4v) is 1.06. The van der Waals surface area contributed by atoms with Gasteiger partial charge in [-0.1, -0.05) is 0 Å². The number of nitrogens with one attached hydrogen (secondary N) is 2. The first-order chi connectivity index (χ1) is 7.83. The van der Waals surface area contributed by atoms with Gasteiger partial charge in [0, 0.05) is 13.6 Å². The van der Waals surface area contributed by atoms with Gasteiger partial charge >= 0.3 is 5.69 Å². The maximum absolute atomic E-state index is 10.7. The van der Waals surface area contributed by atoms with Gasteiger partial charge in [-0.15, -0.1) is 0 Å². The van der Waals surface area contributed by atoms with Crippen molar-refractivity contribution in [3.63, 3.8) is 0 Å². The summed E-state index contributed by atoms with van der Waals surface area (Å²) in [5, 5.41) is 25.7. The van der Waals surface area contributed by atoms with Crippen LogP contribution in [0.25, 0.3) is 0 Å². The van der Waals surface area contributed by atoms with Crippen LogP contribution in [0.4, 0.5) is 17.5 Å². The fraction of sp³-hybridized carbons (Fsp3) is 0.556. The van der Waals surface area contributed by atoms with Gasteiger partial charge in [0.15, 0.2) is 0 Å². The largest absolute Gasteiger partial charge is 0.389 e. The summed E-state index contributed by atoms with van der Waals surface area (Å²) < 4.78 is 0. The SMILES string of the molecule is CNc1ncc([N+](=O)[O-])c(NCC(C)(C)O)n1. The minimum Gasteiger partial charge on any atom is -0.389 e. The quantitative estimate of drug-likeness (QED) is 0.511. The summed E-state index contributed by atoms with van der Waals surface area (Å²) in [5.41, 5.74) is -1.22. The van der Waals surface area contributed by atoms with Crippen LogP contribution in [0.2, 0.25) is 0 Å². The highest BCUT2D eigenvalue weighted by molar-refractivity contribution is 5.56. The lowest BCUT2D eigenvalue weighted by Crippen LogP contribution is -2.30. The molecule has 0 amide bonds. The number of hydrogen-bond donors (Lipinski definition) is 3. The molecule has 1 heterocycles. The third kappa shape index (κ3) is 3.83. The monoisotopic (exact) mass is 241 g/mol. The molecular formula is C9H15N5O3. The van der Waals surface area contributed by atoms with E-state index in [-0.39, 0.29) is 24.0 Å². The average molecular weight is 241 g/mol. The van der Waals surface area contributed by atoms with Crippen molar-refractivity contribution in [2.45, 2.75) is 19.4 Å². The van der Waals surface area contributed by atoms with Crippen LogP contribution in [-0.4, -0.2) is 39.2 Å². The zero-order valence-corrected chi connectivity index (χ0v) is 9.89. The second-order valence-corrected chi connectivity index (χ2v) is 4.10. The van der Waals surface area contributed by atoms with Crippen molar-refractivity contribution in [1.29, 1.82) is 0 Å².